The van der Waals surface area contributed by atoms with Crippen LogP contribution in [-0.2, 0) is 6.54 Å². The lowest BCUT2D eigenvalue weighted by atomic mass is 10.0. The van der Waals surface area contributed by atoms with E-state index >= 15 is 0 Å². The number of aromatic nitrogens is 5. The van der Waals surface area contributed by atoms with E-state index in [-0.39, 0.29) is 11.4 Å². The van der Waals surface area contributed by atoms with Crippen molar-refractivity contribution in [2.45, 2.75) is 19.5 Å². The molecule has 1 aliphatic rings. The van der Waals surface area contributed by atoms with Crippen molar-refractivity contribution in [2.75, 3.05) is 38.2 Å². The molecule has 2 aromatic heterocycles. The van der Waals surface area contributed by atoms with Gasteiger partial charge in [0, 0.05) is 42.9 Å². The third-order valence-corrected chi connectivity index (χ3v) is 7.49. The fourth-order valence-corrected chi connectivity index (χ4v) is 5.35. The highest BCUT2D eigenvalue weighted by atomic mass is 19.1. The summed E-state index contributed by atoms with van der Waals surface area (Å²) in [4.78, 5) is 21.1. The van der Waals surface area contributed by atoms with E-state index in [0.717, 1.165) is 33.5 Å². The highest BCUT2D eigenvalue weighted by Gasteiger charge is 2.33. The number of pyridine rings is 1. The Morgan fingerprint density at radius 1 is 0.975 bits per heavy atom. The van der Waals surface area contributed by atoms with Crippen LogP contribution >= 0.6 is 0 Å². The molecular formula is C30H30FN7O2. The molecule has 0 spiro atoms. The van der Waals surface area contributed by atoms with Crippen molar-refractivity contribution in [1.29, 1.82) is 0 Å². The van der Waals surface area contributed by atoms with Crippen LogP contribution in [0.15, 0.2) is 77.6 Å². The Morgan fingerprint density at radius 3 is 2.45 bits per heavy atom. The van der Waals surface area contributed by atoms with E-state index in [2.05, 4.69) is 30.3 Å². The van der Waals surface area contributed by atoms with Crippen molar-refractivity contribution >= 4 is 16.6 Å². The number of methoxy groups -OCH3 is 1. The number of tetrazole rings is 1. The summed E-state index contributed by atoms with van der Waals surface area (Å²) >= 11 is 0. The number of halogens is 1. The second-order valence-corrected chi connectivity index (χ2v) is 10.1. The molecule has 1 atom stereocenters. The highest BCUT2D eigenvalue weighted by Crippen LogP contribution is 2.29. The number of H-pyrrole nitrogens is 1. The van der Waals surface area contributed by atoms with Crippen molar-refractivity contribution in [2.24, 2.45) is 0 Å². The van der Waals surface area contributed by atoms with E-state index in [1.165, 1.54) is 12.1 Å². The maximum absolute atomic E-state index is 13.6. The predicted molar refractivity (Wildman–Crippen MR) is 151 cm³/mol. The molecule has 0 amide bonds. The number of nitrogens with one attached hydrogen (secondary N) is 1. The molecule has 3 aromatic carbocycles. The van der Waals surface area contributed by atoms with Crippen LogP contribution in [0.1, 0.15) is 28.6 Å². The van der Waals surface area contributed by atoms with E-state index in [4.69, 9.17) is 4.74 Å². The third-order valence-electron chi connectivity index (χ3n) is 7.49. The minimum absolute atomic E-state index is 0.164. The first-order valence-corrected chi connectivity index (χ1v) is 13.3. The minimum atomic E-state index is -0.460. The fraction of sp³-hybridized carbons (Fsp3) is 0.267. The van der Waals surface area contributed by atoms with Gasteiger partial charge in [-0.3, -0.25) is 9.69 Å². The lowest BCUT2D eigenvalue weighted by Gasteiger charge is -2.39. The van der Waals surface area contributed by atoms with Gasteiger partial charge in [-0.25, -0.2) is 9.07 Å². The van der Waals surface area contributed by atoms with Crippen molar-refractivity contribution in [1.82, 2.24) is 30.1 Å². The highest BCUT2D eigenvalue weighted by molar-refractivity contribution is 5.79. The molecule has 0 unspecified atom stereocenters. The molecule has 40 heavy (non-hydrogen) atoms. The number of rotatable bonds is 7. The third kappa shape index (κ3) is 5.17. The van der Waals surface area contributed by atoms with Crippen LogP contribution in [0.3, 0.4) is 0 Å². The van der Waals surface area contributed by atoms with Gasteiger partial charge in [0.05, 0.1) is 13.7 Å². The fourth-order valence-electron chi connectivity index (χ4n) is 5.35. The zero-order chi connectivity index (χ0) is 27.6. The molecule has 3 heterocycles. The van der Waals surface area contributed by atoms with Crippen LogP contribution in [0.2, 0.25) is 0 Å². The van der Waals surface area contributed by atoms with Gasteiger partial charge in [0.1, 0.15) is 17.6 Å². The van der Waals surface area contributed by atoms with Crippen molar-refractivity contribution in [3.63, 3.8) is 0 Å². The number of aromatic amines is 1. The van der Waals surface area contributed by atoms with Gasteiger partial charge in [0.15, 0.2) is 5.82 Å². The summed E-state index contributed by atoms with van der Waals surface area (Å²) in [7, 11) is 1.64. The second-order valence-electron chi connectivity index (χ2n) is 10.1. The van der Waals surface area contributed by atoms with E-state index in [1.54, 1.807) is 23.9 Å². The van der Waals surface area contributed by atoms with Crippen LogP contribution in [-0.4, -0.2) is 63.4 Å². The number of hydrogen-bond acceptors (Lipinski definition) is 7. The number of anilines is 1. The molecule has 1 N–H and O–H groups in total. The van der Waals surface area contributed by atoms with Gasteiger partial charge in [-0.1, -0.05) is 24.3 Å². The van der Waals surface area contributed by atoms with Crippen LogP contribution in [0, 0.1) is 12.7 Å². The molecule has 0 saturated carbocycles. The molecule has 204 valence electrons. The van der Waals surface area contributed by atoms with E-state index < -0.39 is 6.04 Å². The number of aryl methyl sites for hydroxylation is 1. The van der Waals surface area contributed by atoms with Crippen molar-refractivity contribution in [3.05, 3.63) is 111 Å². The summed E-state index contributed by atoms with van der Waals surface area (Å²) in [5.74, 6) is 1.12. The molecule has 9 nitrogen and oxygen atoms in total. The van der Waals surface area contributed by atoms with Crippen LogP contribution < -0.4 is 15.2 Å². The van der Waals surface area contributed by atoms with E-state index in [9.17, 15) is 9.18 Å². The summed E-state index contributed by atoms with van der Waals surface area (Å²) in [6.07, 6.45) is 0. The number of ether oxygens (including phenoxy) is 1. The Labute approximate surface area is 230 Å². The standard InChI is InChI=1S/C30H30FN7O2/c1-20-3-6-22-18-26(30(39)32-27(22)17-20)28(37-15-13-36(14-16-37)24-9-7-23(31)8-10-24)29-33-34-35-38(29)19-21-4-11-25(40-2)12-5-21/h3-12,17-18,28H,13-16,19H2,1-2H3,(H,32,39)/t28-/m0/s1. The molecule has 10 heteroatoms. The van der Waals surface area contributed by atoms with Gasteiger partial charge in [-0.15, -0.1) is 5.10 Å². The number of piperazine rings is 1. The normalized spacial score (nSPS) is 14.9. The van der Waals surface area contributed by atoms with Crippen molar-refractivity contribution < 1.29 is 9.13 Å². The zero-order valence-electron chi connectivity index (χ0n) is 22.4. The SMILES string of the molecule is COc1ccc(Cn2nnnc2[C@H](c2cc3ccc(C)cc3[nH]c2=O)N2CCN(c3ccc(F)cc3)CC2)cc1. The smallest absolute Gasteiger partial charge is 0.253 e. The molecular weight excluding hydrogens is 509 g/mol. The predicted octanol–water partition coefficient (Wildman–Crippen LogP) is 3.93. The second kappa shape index (κ2) is 10.9. The summed E-state index contributed by atoms with van der Waals surface area (Å²) in [5, 5.41) is 13.7. The lowest BCUT2D eigenvalue weighted by Crippen LogP contribution is -2.49. The number of nitrogens with zero attached hydrogens (tertiary/aromatic N) is 6. The van der Waals surface area contributed by atoms with Crippen LogP contribution in [0.25, 0.3) is 10.9 Å². The zero-order valence-corrected chi connectivity index (χ0v) is 22.4. The Morgan fingerprint density at radius 2 is 1.73 bits per heavy atom. The first-order chi connectivity index (χ1) is 19.5. The van der Waals surface area contributed by atoms with Gasteiger partial charge in [0.2, 0.25) is 0 Å². The first kappa shape index (κ1) is 25.7. The first-order valence-electron chi connectivity index (χ1n) is 13.3. The molecule has 0 bridgehead atoms. The molecule has 5 aromatic rings. The number of fused-ring (bicyclic) bond motifs is 1. The van der Waals surface area contributed by atoms with Gasteiger partial charge in [-0.2, -0.15) is 0 Å². The van der Waals surface area contributed by atoms with Gasteiger partial charge in [-0.05, 0) is 82.4 Å². The molecule has 6 rings (SSSR count). The molecule has 1 saturated heterocycles. The van der Waals surface area contributed by atoms with Crippen LogP contribution in [0.4, 0.5) is 10.1 Å². The van der Waals surface area contributed by atoms with Gasteiger partial charge >= 0.3 is 0 Å². The summed E-state index contributed by atoms with van der Waals surface area (Å²) < 4.78 is 20.5. The molecule has 1 aliphatic heterocycles. The molecule has 1 fully saturated rings. The summed E-state index contributed by atoms with van der Waals surface area (Å²) in [5.41, 5.74) is 4.29. The van der Waals surface area contributed by atoms with Gasteiger partial charge < -0.3 is 14.6 Å². The Bertz CT molecular complexity index is 1670. The Kier molecular flexibility index (Phi) is 7.00. The number of hydrogen-bond donors (Lipinski definition) is 1. The lowest BCUT2D eigenvalue weighted by molar-refractivity contribution is 0.200. The van der Waals surface area contributed by atoms with Crippen LogP contribution in [0.5, 0.6) is 5.75 Å². The largest absolute Gasteiger partial charge is 0.497 e. The van der Waals surface area contributed by atoms with E-state index in [1.807, 2.05) is 55.5 Å². The monoisotopic (exact) mass is 539 g/mol. The maximum Gasteiger partial charge on any atom is 0.253 e. The average molecular weight is 540 g/mol. The maximum atomic E-state index is 13.6. The van der Waals surface area contributed by atoms with E-state index in [0.29, 0.717) is 44.1 Å². The summed E-state index contributed by atoms with van der Waals surface area (Å²) in [6.45, 7) is 5.22. The Hall–Kier alpha value is -4.57. The number of benzene rings is 3. The summed E-state index contributed by atoms with van der Waals surface area (Å²) in [6, 6.07) is 21.9. The molecule has 0 radical (unpaired) electrons. The Balaban J connectivity index is 1.36. The minimum Gasteiger partial charge on any atom is -0.497 e. The van der Waals surface area contributed by atoms with Gasteiger partial charge in [0.25, 0.3) is 5.56 Å². The molecule has 0 aliphatic carbocycles. The topological polar surface area (TPSA) is 92.2 Å². The quantitative estimate of drug-likeness (QED) is 0.335. The average Bonchev–Trinajstić information content (AvgIpc) is 3.42. The van der Waals surface area contributed by atoms with Crippen molar-refractivity contribution in [3.8, 4) is 5.75 Å².